The zero-order valence-electron chi connectivity index (χ0n) is 8.91. The predicted octanol–water partition coefficient (Wildman–Crippen LogP) is -0.317. The molecule has 0 spiro atoms. The average molecular weight is 236 g/mol. The quantitative estimate of drug-likeness (QED) is 0.285. The summed E-state index contributed by atoms with van der Waals surface area (Å²) in [6, 6.07) is 5.96. The molecule has 17 heavy (non-hydrogen) atoms. The summed E-state index contributed by atoms with van der Waals surface area (Å²) in [7, 11) is 0. The first-order valence-electron chi connectivity index (χ1n) is 4.62. The van der Waals surface area contributed by atoms with Crippen molar-refractivity contribution in [1.82, 2.24) is 0 Å². The minimum Gasteiger partial charge on any atom is -0.370 e. The van der Waals surface area contributed by atoms with E-state index in [1.165, 1.54) is 12.1 Å². The van der Waals surface area contributed by atoms with Crippen molar-refractivity contribution >= 4 is 17.6 Å². The molecule has 0 aromatic heterocycles. The van der Waals surface area contributed by atoms with Gasteiger partial charge >= 0.3 is 0 Å². The smallest absolute Gasteiger partial charge is 0.269 e. The molecule has 1 aromatic carbocycles. The number of nitrogens with two attached hydrogens (primary N) is 3. The topological polar surface area (TPSA) is 146 Å². The maximum absolute atomic E-state index is 10.4. The largest absolute Gasteiger partial charge is 0.370 e. The summed E-state index contributed by atoms with van der Waals surface area (Å²) in [5.74, 6) is -0.210. The monoisotopic (exact) mass is 236 g/mol. The van der Waals surface area contributed by atoms with Gasteiger partial charge in [0.2, 0.25) is 5.96 Å². The molecule has 0 unspecified atom stereocenters. The molecule has 0 aliphatic carbocycles. The van der Waals surface area contributed by atoms with Crippen LogP contribution in [-0.2, 0) is 6.54 Å². The number of guanidine groups is 2. The Morgan fingerprint density at radius 2 is 1.82 bits per heavy atom. The molecular formula is C9H12N6O2. The second kappa shape index (κ2) is 5.45. The molecule has 0 bridgehead atoms. The Bertz CT molecular complexity index is 461. The minimum absolute atomic E-state index is 0.0231. The Hall–Kier alpha value is -2.64. The van der Waals surface area contributed by atoms with Crippen LogP contribution in [0.15, 0.2) is 34.3 Å². The number of hydrogen-bond acceptors (Lipinski definition) is 3. The van der Waals surface area contributed by atoms with Crippen LogP contribution < -0.4 is 17.2 Å². The number of nitro groups is 1. The summed E-state index contributed by atoms with van der Waals surface area (Å²) in [4.78, 5) is 17.4. The molecule has 1 rings (SSSR count). The Morgan fingerprint density at radius 3 is 2.29 bits per heavy atom. The van der Waals surface area contributed by atoms with Crippen molar-refractivity contribution < 1.29 is 4.92 Å². The molecule has 0 saturated carbocycles. The van der Waals surface area contributed by atoms with Crippen LogP contribution in [0.4, 0.5) is 5.69 Å². The lowest BCUT2D eigenvalue weighted by atomic mass is 10.2. The first-order chi connectivity index (χ1) is 7.99. The van der Waals surface area contributed by atoms with Crippen LogP contribution in [0.5, 0.6) is 0 Å². The van der Waals surface area contributed by atoms with Gasteiger partial charge in [0.15, 0.2) is 5.96 Å². The van der Waals surface area contributed by atoms with Crippen molar-refractivity contribution in [2.24, 2.45) is 27.2 Å². The van der Waals surface area contributed by atoms with E-state index in [0.717, 1.165) is 5.56 Å². The van der Waals surface area contributed by atoms with E-state index in [0.29, 0.717) is 0 Å². The third kappa shape index (κ3) is 4.16. The van der Waals surface area contributed by atoms with Crippen molar-refractivity contribution in [2.75, 3.05) is 0 Å². The fourth-order valence-corrected chi connectivity index (χ4v) is 1.06. The molecular weight excluding hydrogens is 224 g/mol. The number of benzene rings is 1. The van der Waals surface area contributed by atoms with Crippen molar-refractivity contribution in [3.63, 3.8) is 0 Å². The van der Waals surface area contributed by atoms with Crippen molar-refractivity contribution in [2.45, 2.75) is 6.54 Å². The van der Waals surface area contributed by atoms with Gasteiger partial charge in [0.1, 0.15) is 0 Å². The fourth-order valence-electron chi connectivity index (χ4n) is 1.06. The maximum Gasteiger partial charge on any atom is 0.269 e. The minimum atomic E-state index is -0.471. The van der Waals surface area contributed by atoms with Crippen molar-refractivity contribution in [1.29, 1.82) is 0 Å². The molecule has 0 heterocycles. The Kier molecular flexibility index (Phi) is 3.98. The summed E-state index contributed by atoms with van der Waals surface area (Å²) in [5.41, 5.74) is 16.4. The maximum atomic E-state index is 10.4. The normalized spacial score (nSPS) is 10.9. The second-order valence-corrected chi connectivity index (χ2v) is 3.13. The Morgan fingerprint density at radius 1 is 1.24 bits per heavy atom. The summed E-state index contributed by atoms with van der Waals surface area (Å²) < 4.78 is 0. The standard InChI is InChI=1S/C9H12N6O2/c10-8(11)14-9(12)13-5-6-1-3-7(4-2-6)15(16)17/h1-4H,5H2,(H6,10,11,12,13,14). The first-order valence-corrected chi connectivity index (χ1v) is 4.62. The van der Waals surface area contributed by atoms with Crippen LogP contribution in [0, 0.1) is 10.1 Å². The Balaban J connectivity index is 2.70. The highest BCUT2D eigenvalue weighted by Crippen LogP contribution is 2.12. The molecule has 0 aliphatic heterocycles. The van der Waals surface area contributed by atoms with E-state index in [-0.39, 0.29) is 24.2 Å². The molecule has 0 atom stereocenters. The molecule has 0 amide bonds. The lowest BCUT2D eigenvalue weighted by molar-refractivity contribution is -0.384. The molecule has 8 nitrogen and oxygen atoms in total. The zero-order chi connectivity index (χ0) is 12.8. The lowest BCUT2D eigenvalue weighted by Crippen LogP contribution is -2.26. The zero-order valence-corrected chi connectivity index (χ0v) is 8.91. The highest BCUT2D eigenvalue weighted by atomic mass is 16.6. The molecule has 6 N–H and O–H groups in total. The molecule has 0 radical (unpaired) electrons. The molecule has 0 aliphatic rings. The Labute approximate surface area is 97.0 Å². The number of non-ortho nitro benzene ring substituents is 1. The molecule has 0 saturated heterocycles. The van der Waals surface area contributed by atoms with Gasteiger partial charge in [-0.15, -0.1) is 0 Å². The number of rotatable bonds is 3. The van der Waals surface area contributed by atoms with Crippen LogP contribution in [0.1, 0.15) is 5.56 Å². The van der Waals surface area contributed by atoms with Gasteiger partial charge in [-0.05, 0) is 5.56 Å². The summed E-state index contributed by atoms with van der Waals surface area (Å²) >= 11 is 0. The van der Waals surface area contributed by atoms with Crippen LogP contribution >= 0.6 is 0 Å². The van der Waals surface area contributed by atoms with Gasteiger partial charge in [-0.1, -0.05) is 12.1 Å². The van der Waals surface area contributed by atoms with Gasteiger partial charge < -0.3 is 17.2 Å². The number of hydrogen-bond donors (Lipinski definition) is 3. The van der Waals surface area contributed by atoms with Crippen LogP contribution in [0.3, 0.4) is 0 Å². The van der Waals surface area contributed by atoms with E-state index in [2.05, 4.69) is 9.98 Å². The van der Waals surface area contributed by atoms with Gasteiger partial charge in [-0.2, -0.15) is 4.99 Å². The predicted molar refractivity (Wildman–Crippen MR) is 64.2 cm³/mol. The fraction of sp³-hybridized carbons (Fsp3) is 0.111. The highest BCUT2D eigenvalue weighted by Gasteiger charge is 2.03. The SMILES string of the molecule is NC(N)=NC(N)=NCc1ccc([N+](=O)[O-])cc1. The summed E-state index contributed by atoms with van der Waals surface area (Å²) in [6.07, 6.45) is 0. The first kappa shape index (κ1) is 12.4. The van der Waals surface area contributed by atoms with Crippen molar-refractivity contribution in [3.8, 4) is 0 Å². The van der Waals surface area contributed by atoms with Gasteiger partial charge in [-0.25, -0.2) is 4.99 Å². The highest BCUT2D eigenvalue weighted by molar-refractivity contribution is 5.92. The summed E-state index contributed by atoms with van der Waals surface area (Å²) in [5, 5.41) is 10.4. The third-order valence-electron chi connectivity index (χ3n) is 1.81. The van der Waals surface area contributed by atoms with E-state index in [1.54, 1.807) is 12.1 Å². The van der Waals surface area contributed by atoms with E-state index >= 15 is 0 Å². The second-order valence-electron chi connectivity index (χ2n) is 3.13. The van der Waals surface area contributed by atoms with Gasteiger partial charge in [0, 0.05) is 12.1 Å². The van der Waals surface area contributed by atoms with Gasteiger partial charge in [-0.3, -0.25) is 10.1 Å². The molecule has 0 fully saturated rings. The third-order valence-corrected chi connectivity index (χ3v) is 1.81. The van der Waals surface area contributed by atoms with E-state index in [9.17, 15) is 10.1 Å². The number of nitrogens with zero attached hydrogens (tertiary/aromatic N) is 3. The van der Waals surface area contributed by atoms with Crippen LogP contribution in [0.25, 0.3) is 0 Å². The number of aliphatic imine (C=N–C) groups is 2. The van der Waals surface area contributed by atoms with E-state index in [1.807, 2.05) is 0 Å². The van der Waals surface area contributed by atoms with Gasteiger partial charge in [0.05, 0.1) is 11.5 Å². The van der Waals surface area contributed by atoms with E-state index < -0.39 is 4.92 Å². The van der Waals surface area contributed by atoms with Crippen LogP contribution in [0.2, 0.25) is 0 Å². The number of nitro benzene ring substituents is 1. The van der Waals surface area contributed by atoms with Crippen LogP contribution in [-0.4, -0.2) is 16.8 Å². The lowest BCUT2D eigenvalue weighted by Gasteiger charge is -1.97. The molecule has 8 heteroatoms. The van der Waals surface area contributed by atoms with Gasteiger partial charge in [0.25, 0.3) is 5.69 Å². The average Bonchev–Trinajstić information content (AvgIpc) is 2.26. The summed E-state index contributed by atoms with van der Waals surface area (Å²) in [6.45, 7) is 0.251. The van der Waals surface area contributed by atoms with Crippen molar-refractivity contribution in [3.05, 3.63) is 39.9 Å². The van der Waals surface area contributed by atoms with E-state index in [4.69, 9.17) is 17.2 Å². The molecule has 1 aromatic rings. The molecule has 90 valence electrons.